The highest BCUT2D eigenvalue weighted by atomic mass is 16.5. The van der Waals surface area contributed by atoms with E-state index in [9.17, 15) is 0 Å². The van der Waals surface area contributed by atoms with E-state index >= 15 is 0 Å². The molecule has 106 valence electrons. The minimum atomic E-state index is 0.306. The van der Waals surface area contributed by atoms with Gasteiger partial charge in [-0.25, -0.2) is 0 Å². The van der Waals surface area contributed by atoms with Crippen molar-refractivity contribution >= 4 is 5.95 Å². The zero-order chi connectivity index (χ0) is 12.9. The zero-order valence-electron chi connectivity index (χ0n) is 11.0. The molecule has 0 atom stereocenters. The van der Waals surface area contributed by atoms with Gasteiger partial charge in [0.15, 0.2) is 0 Å². The first-order chi connectivity index (χ1) is 9.42. The molecule has 7 nitrogen and oxygen atoms in total. The third-order valence-corrected chi connectivity index (χ3v) is 3.48. The van der Waals surface area contributed by atoms with E-state index in [1.54, 1.807) is 0 Å². The molecule has 1 aromatic heterocycles. The molecular weight excluding hydrogens is 248 g/mol. The summed E-state index contributed by atoms with van der Waals surface area (Å²) in [6, 6.07) is 0. The van der Waals surface area contributed by atoms with E-state index in [1.807, 2.05) is 0 Å². The Morgan fingerprint density at radius 1 is 1.26 bits per heavy atom. The zero-order valence-corrected chi connectivity index (χ0v) is 11.0. The summed E-state index contributed by atoms with van der Waals surface area (Å²) in [4.78, 5) is 6.44. The lowest BCUT2D eigenvalue weighted by Crippen LogP contribution is -2.36. The summed E-state index contributed by atoms with van der Waals surface area (Å²) in [7, 11) is 0. The molecule has 0 bridgehead atoms. The Hall–Kier alpha value is -1.18. The first-order valence-electron chi connectivity index (χ1n) is 6.89. The predicted octanol–water partition coefficient (Wildman–Crippen LogP) is 0.175. The van der Waals surface area contributed by atoms with Gasteiger partial charge in [-0.1, -0.05) is 0 Å². The first-order valence-corrected chi connectivity index (χ1v) is 6.89. The van der Waals surface area contributed by atoms with Gasteiger partial charge in [-0.15, -0.1) is 0 Å². The molecular formula is C12H20N4O3. The van der Waals surface area contributed by atoms with Gasteiger partial charge >= 0.3 is 0 Å². The van der Waals surface area contributed by atoms with E-state index < -0.39 is 0 Å². The summed E-state index contributed by atoms with van der Waals surface area (Å²) in [5.74, 6) is 1.20. The molecule has 2 aliphatic heterocycles. The molecule has 3 heterocycles. The maximum atomic E-state index is 5.79. The molecule has 0 spiro atoms. The van der Waals surface area contributed by atoms with Crippen LogP contribution in [-0.4, -0.2) is 55.6 Å². The normalized spacial score (nSPS) is 21.8. The molecule has 2 fully saturated rings. The molecule has 0 radical (unpaired) electrons. The maximum Gasteiger partial charge on any atom is 0.266 e. The second kappa shape index (κ2) is 6.31. The number of aromatic nitrogens is 2. The quantitative estimate of drug-likeness (QED) is 0.834. The maximum absolute atomic E-state index is 5.79. The molecule has 19 heavy (non-hydrogen) atoms. The molecule has 7 heteroatoms. The van der Waals surface area contributed by atoms with Crippen LogP contribution in [0.25, 0.3) is 0 Å². The van der Waals surface area contributed by atoms with Crippen molar-refractivity contribution in [3.05, 3.63) is 5.89 Å². The van der Waals surface area contributed by atoms with Crippen LogP contribution in [-0.2, 0) is 16.1 Å². The third kappa shape index (κ3) is 3.43. The van der Waals surface area contributed by atoms with Gasteiger partial charge in [0.2, 0.25) is 0 Å². The third-order valence-electron chi connectivity index (χ3n) is 3.48. The van der Waals surface area contributed by atoms with Crippen molar-refractivity contribution in [2.24, 2.45) is 0 Å². The van der Waals surface area contributed by atoms with Crippen LogP contribution in [0.5, 0.6) is 0 Å². The van der Waals surface area contributed by atoms with Crippen molar-refractivity contribution in [2.45, 2.75) is 25.6 Å². The summed E-state index contributed by atoms with van der Waals surface area (Å²) in [5, 5.41) is 7.31. The van der Waals surface area contributed by atoms with Crippen LogP contribution >= 0.6 is 0 Å². The number of anilines is 1. The number of piperidine rings is 1. The number of rotatable bonds is 4. The van der Waals surface area contributed by atoms with Crippen LogP contribution in [0.2, 0.25) is 0 Å². The summed E-state index contributed by atoms with van der Waals surface area (Å²) < 4.78 is 16.3. The topological polar surface area (TPSA) is 72.7 Å². The number of nitrogens with one attached hydrogen (secondary N) is 1. The molecule has 0 saturated carbocycles. The lowest BCUT2D eigenvalue weighted by atomic mass is 10.1. The fourth-order valence-corrected chi connectivity index (χ4v) is 2.35. The highest BCUT2D eigenvalue weighted by molar-refractivity contribution is 5.27. The van der Waals surface area contributed by atoms with E-state index in [4.69, 9.17) is 14.0 Å². The van der Waals surface area contributed by atoms with E-state index in [2.05, 4.69) is 20.4 Å². The van der Waals surface area contributed by atoms with Gasteiger partial charge in [0.05, 0.1) is 19.3 Å². The molecule has 0 aliphatic carbocycles. The summed E-state index contributed by atoms with van der Waals surface area (Å²) in [6.45, 7) is 5.51. The van der Waals surface area contributed by atoms with E-state index in [0.717, 1.165) is 52.2 Å². The summed E-state index contributed by atoms with van der Waals surface area (Å²) in [5.41, 5.74) is 0. The van der Waals surface area contributed by atoms with Crippen molar-refractivity contribution < 1.29 is 14.0 Å². The standard InChI is InChI=1S/C12H20N4O3/c1-3-13-4-2-10(1)18-9-11-14-12(15-19-11)16-5-7-17-8-6-16/h10,13H,1-9H2. The lowest BCUT2D eigenvalue weighted by Gasteiger charge is -2.24. The largest absolute Gasteiger partial charge is 0.378 e. The number of hydrogen-bond donors (Lipinski definition) is 1. The van der Waals surface area contributed by atoms with Gasteiger partial charge in [0, 0.05) is 13.1 Å². The molecule has 0 amide bonds. The summed E-state index contributed by atoms with van der Waals surface area (Å²) in [6.07, 6.45) is 2.40. The van der Waals surface area contributed by atoms with E-state index in [-0.39, 0.29) is 0 Å². The Kier molecular flexibility index (Phi) is 4.27. The molecule has 0 unspecified atom stereocenters. The van der Waals surface area contributed by atoms with Crippen LogP contribution in [0, 0.1) is 0 Å². The SMILES string of the molecule is C1CC(OCc2nc(N3CCOCC3)no2)CCN1. The monoisotopic (exact) mass is 268 g/mol. The van der Waals surface area contributed by atoms with Crippen molar-refractivity contribution in [1.82, 2.24) is 15.5 Å². The summed E-state index contributed by atoms with van der Waals surface area (Å²) >= 11 is 0. The smallest absolute Gasteiger partial charge is 0.266 e. The number of hydrogen-bond acceptors (Lipinski definition) is 7. The Bertz CT molecular complexity index is 386. The first kappa shape index (κ1) is 12.8. The molecule has 1 N–H and O–H groups in total. The molecule has 2 saturated heterocycles. The van der Waals surface area contributed by atoms with Crippen LogP contribution < -0.4 is 10.2 Å². The number of nitrogens with zero attached hydrogens (tertiary/aromatic N) is 3. The van der Waals surface area contributed by atoms with Crippen molar-refractivity contribution in [2.75, 3.05) is 44.3 Å². The number of ether oxygens (including phenoxy) is 2. The molecule has 0 aromatic carbocycles. The molecule has 2 aliphatic rings. The number of morpholine rings is 1. The molecule has 3 rings (SSSR count). The predicted molar refractivity (Wildman–Crippen MR) is 68.0 cm³/mol. The van der Waals surface area contributed by atoms with Gasteiger partial charge in [-0.2, -0.15) is 4.98 Å². The van der Waals surface area contributed by atoms with Crippen LogP contribution in [0.3, 0.4) is 0 Å². The van der Waals surface area contributed by atoms with Crippen molar-refractivity contribution in [3.63, 3.8) is 0 Å². The van der Waals surface area contributed by atoms with Crippen LogP contribution in [0.15, 0.2) is 4.52 Å². The highest BCUT2D eigenvalue weighted by Crippen LogP contribution is 2.14. The van der Waals surface area contributed by atoms with E-state index in [0.29, 0.717) is 24.5 Å². The fraction of sp³-hybridized carbons (Fsp3) is 0.833. The average Bonchev–Trinajstić information content (AvgIpc) is 2.96. The Morgan fingerprint density at radius 2 is 2.05 bits per heavy atom. The average molecular weight is 268 g/mol. The van der Waals surface area contributed by atoms with E-state index in [1.165, 1.54) is 0 Å². The van der Waals surface area contributed by atoms with Crippen LogP contribution in [0.1, 0.15) is 18.7 Å². The second-order valence-electron chi connectivity index (χ2n) is 4.85. The van der Waals surface area contributed by atoms with Gasteiger partial charge in [-0.05, 0) is 31.1 Å². The minimum absolute atomic E-state index is 0.306. The lowest BCUT2D eigenvalue weighted by molar-refractivity contribution is 0.00859. The van der Waals surface area contributed by atoms with Crippen LogP contribution in [0.4, 0.5) is 5.95 Å². The highest BCUT2D eigenvalue weighted by Gasteiger charge is 2.18. The van der Waals surface area contributed by atoms with Gasteiger partial charge in [0.25, 0.3) is 11.8 Å². The van der Waals surface area contributed by atoms with Gasteiger partial charge in [0.1, 0.15) is 6.61 Å². The minimum Gasteiger partial charge on any atom is -0.378 e. The fourth-order valence-electron chi connectivity index (χ4n) is 2.35. The Labute approximate surface area is 112 Å². The second-order valence-corrected chi connectivity index (χ2v) is 4.85. The Balaban J connectivity index is 1.49. The van der Waals surface area contributed by atoms with Crippen molar-refractivity contribution in [1.29, 1.82) is 0 Å². The Morgan fingerprint density at radius 3 is 2.84 bits per heavy atom. The molecule has 1 aromatic rings. The van der Waals surface area contributed by atoms with Gasteiger partial charge in [-0.3, -0.25) is 0 Å². The van der Waals surface area contributed by atoms with Crippen molar-refractivity contribution in [3.8, 4) is 0 Å². The van der Waals surface area contributed by atoms with Gasteiger partial charge < -0.3 is 24.2 Å².